The van der Waals surface area contributed by atoms with Crippen molar-refractivity contribution in [1.82, 2.24) is 5.32 Å². The minimum atomic E-state index is -0.802. The lowest BCUT2D eigenvalue weighted by molar-refractivity contribution is -0.122. The summed E-state index contributed by atoms with van der Waals surface area (Å²) in [6.07, 6.45) is 1.39. The zero-order valence-electron chi connectivity index (χ0n) is 20.1. The van der Waals surface area contributed by atoms with Crippen LogP contribution < -0.4 is 20.3 Å². The first-order valence-electron chi connectivity index (χ1n) is 11.3. The van der Waals surface area contributed by atoms with Gasteiger partial charge in [-0.1, -0.05) is 36.4 Å². The van der Waals surface area contributed by atoms with E-state index in [1.807, 2.05) is 32.0 Å². The number of carbonyl (C=O) groups is 4. The second-order valence-electron chi connectivity index (χ2n) is 8.45. The van der Waals surface area contributed by atoms with Gasteiger partial charge in [0.15, 0.2) is 6.61 Å². The monoisotopic (exact) mass is 483 g/mol. The van der Waals surface area contributed by atoms with Crippen molar-refractivity contribution in [2.45, 2.75) is 20.8 Å². The number of para-hydroxylation sites is 1. The van der Waals surface area contributed by atoms with Gasteiger partial charge in [-0.2, -0.15) is 0 Å². The molecular weight excluding hydrogens is 458 g/mol. The second-order valence-corrected chi connectivity index (χ2v) is 8.45. The number of carbonyl (C=O) groups excluding carboxylic acids is 4. The van der Waals surface area contributed by atoms with Crippen molar-refractivity contribution in [3.63, 3.8) is 0 Å². The van der Waals surface area contributed by atoms with Crippen molar-refractivity contribution in [1.29, 1.82) is 0 Å². The first kappa shape index (κ1) is 24.4. The van der Waals surface area contributed by atoms with E-state index < -0.39 is 17.8 Å². The molecule has 3 aromatic rings. The van der Waals surface area contributed by atoms with Gasteiger partial charge in [-0.3, -0.25) is 19.7 Å². The van der Waals surface area contributed by atoms with E-state index in [1.165, 1.54) is 6.08 Å². The van der Waals surface area contributed by atoms with Crippen LogP contribution in [0.4, 0.5) is 16.2 Å². The average molecular weight is 484 g/mol. The molecule has 1 aliphatic rings. The number of nitrogens with one attached hydrogen (secondary N) is 2. The number of imide groups is 2. The fourth-order valence-electron chi connectivity index (χ4n) is 3.72. The molecule has 1 heterocycles. The lowest BCUT2D eigenvalue weighted by Crippen LogP contribution is -2.54. The second kappa shape index (κ2) is 10.3. The Balaban J connectivity index is 1.48. The van der Waals surface area contributed by atoms with Crippen molar-refractivity contribution in [2.75, 3.05) is 16.8 Å². The molecule has 0 unspecified atom stereocenters. The first-order chi connectivity index (χ1) is 17.2. The lowest BCUT2D eigenvalue weighted by Gasteiger charge is -2.27. The van der Waals surface area contributed by atoms with Gasteiger partial charge < -0.3 is 10.1 Å². The molecule has 0 radical (unpaired) electrons. The molecule has 3 aromatic carbocycles. The molecule has 0 bridgehead atoms. The molecule has 5 amide bonds. The number of ether oxygens (including phenoxy) is 1. The summed E-state index contributed by atoms with van der Waals surface area (Å²) in [4.78, 5) is 51.3. The van der Waals surface area contributed by atoms with Gasteiger partial charge in [0.2, 0.25) is 0 Å². The molecular formula is C28H25N3O5. The Hall–Kier alpha value is -4.72. The molecule has 1 aliphatic heterocycles. The molecule has 8 nitrogen and oxygen atoms in total. The van der Waals surface area contributed by atoms with Crippen molar-refractivity contribution >= 4 is 41.2 Å². The summed E-state index contributed by atoms with van der Waals surface area (Å²) < 4.78 is 5.61. The molecule has 0 atom stereocenters. The Bertz CT molecular complexity index is 1410. The van der Waals surface area contributed by atoms with Gasteiger partial charge in [0, 0.05) is 5.69 Å². The SMILES string of the molecule is Cc1ccc(NC(=O)COc2cccc(/C=C3\C(=O)NC(=O)N(c4ccccc4C)C3=O)c2)cc1C. The summed E-state index contributed by atoms with van der Waals surface area (Å²) in [5, 5.41) is 5.01. The number of nitrogens with zero attached hydrogens (tertiary/aromatic N) is 1. The molecule has 2 N–H and O–H groups in total. The van der Waals surface area contributed by atoms with Crippen molar-refractivity contribution < 1.29 is 23.9 Å². The third-order valence-electron chi connectivity index (χ3n) is 5.79. The maximum absolute atomic E-state index is 13.1. The Morgan fingerprint density at radius 3 is 2.44 bits per heavy atom. The maximum atomic E-state index is 13.1. The summed E-state index contributed by atoms with van der Waals surface area (Å²) in [6.45, 7) is 5.51. The molecule has 0 aliphatic carbocycles. The van der Waals surface area contributed by atoms with Crippen LogP contribution in [0.5, 0.6) is 5.75 Å². The average Bonchev–Trinajstić information content (AvgIpc) is 2.84. The number of hydrogen-bond donors (Lipinski definition) is 2. The summed E-state index contributed by atoms with van der Waals surface area (Å²) in [5.74, 6) is -1.45. The van der Waals surface area contributed by atoms with Crippen LogP contribution >= 0.6 is 0 Å². The molecule has 182 valence electrons. The molecule has 1 fully saturated rings. The number of benzene rings is 3. The Kier molecular flexibility index (Phi) is 6.96. The van der Waals surface area contributed by atoms with Gasteiger partial charge in [-0.05, 0) is 79.4 Å². The van der Waals surface area contributed by atoms with E-state index in [2.05, 4.69) is 10.6 Å². The van der Waals surface area contributed by atoms with E-state index in [-0.39, 0.29) is 18.1 Å². The van der Waals surface area contributed by atoms with Crippen LogP contribution in [0.3, 0.4) is 0 Å². The molecule has 4 rings (SSSR count). The maximum Gasteiger partial charge on any atom is 0.335 e. The van der Waals surface area contributed by atoms with E-state index in [9.17, 15) is 19.2 Å². The van der Waals surface area contributed by atoms with E-state index in [0.29, 0.717) is 28.3 Å². The summed E-state index contributed by atoms with van der Waals surface area (Å²) in [6, 6.07) is 18.4. The van der Waals surface area contributed by atoms with Gasteiger partial charge in [0.1, 0.15) is 11.3 Å². The molecule has 0 saturated carbocycles. The topological polar surface area (TPSA) is 105 Å². The smallest absolute Gasteiger partial charge is 0.335 e. The number of rotatable bonds is 6. The highest BCUT2D eigenvalue weighted by molar-refractivity contribution is 6.39. The molecule has 36 heavy (non-hydrogen) atoms. The Labute approximate surface area is 208 Å². The van der Waals surface area contributed by atoms with E-state index in [4.69, 9.17) is 4.74 Å². The summed E-state index contributed by atoms with van der Waals surface area (Å²) >= 11 is 0. The molecule has 0 spiro atoms. The van der Waals surface area contributed by atoms with Gasteiger partial charge in [-0.15, -0.1) is 0 Å². The van der Waals surface area contributed by atoms with Gasteiger partial charge in [0.05, 0.1) is 5.69 Å². The van der Waals surface area contributed by atoms with Crippen molar-refractivity contribution in [2.24, 2.45) is 0 Å². The fourth-order valence-corrected chi connectivity index (χ4v) is 3.72. The molecule has 1 saturated heterocycles. The quantitative estimate of drug-likeness (QED) is 0.402. The lowest BCUT2D eigenvalue weighted by atomic mass is 10.1. The van der Waals surface area contributed by atoms with Gasteiger partial charge in [0.25, 0.3) is 17.7 Å². The van der Waals surface area contributed by atoms with Crippen molar-refractivity contribution in [3.8, 4) is 5.75 Å². The zero-order valence-corrected chi connectivity index (χ0v) is 20.1. The highest BCUT2D eigenvalue weighted by Crippen LogP contribution is 2.25. The van der Waals surface area contributed by atoms with Crippen LogP contribution in [0.15, 0.2) is 72.3 Å². The predicted molar refractivity (Wildman–Crippen MR) is 137 cm³/mol. The zero-order chi connectivity index (χ0) is 25.8. The normalized spacial score (nSPS) is 14.6. The van der Waals surface area contributed by atoms with Crippen LogP contribution in [0, 0.1) is 20.8 Å². The fraction of sp³-hybridized carbons (Fsp3) is 0.143. The summed E-state index contributed by atoms with van der Waals surface area (Å²) in [5.41, 5.74) is 4.29. The number of hydrogen-bond acceptors (Lipinski definition) is 5. The minimum Gasteiger partial charge on any atom is -0.484 e. The minimum absolute atomic E-state index is 0.192. The van der Waals surface area contributed by atoms with Crippen LogP contribution in [0.2, 0.25) is 0 Å². The predicted octanol–water partition coefficient (Wildman–Crippen LogP) is 4.30. The third-order valence-corrected chi connectivity index (χ3v) is 5.79. The number of aryl methyl sites for hydroxylation is 3. The van der Waals surface area contributed by atoms with Crippen LogP contribution in [-0.2, 0) is 14.4 Å². The summed E-state index contributed by atoms with van der Waals surface area (Å²) in [7, 11) is 0. The van der Waals surface area contributed by atoms with Crippen molar-refractivity contribution in [3.05, 3.63) is 94.6 Å². The molecule has 8 heteroatoms. The van der Waals surface area contributed by atoms with Crippen LogP contribution in [-0.4, -0.2) is 30.4 Å². The van der Waals surface area contributed by atoms with Crippen LogP contribution in [0.25, 0.3) is 6.08 Å². The Morgan fingerprint density at radius 1 is 0.917 bits per heavy atom. The number of anilines is 2. The standard InChI is InChI=1S/C28H25N3O5/c1-17-11-12-21(13-19(17)3)29-25(32)16-36-22-9-6-8-20(14-22)15-23-26(33)30-28(35)31(27(23)34)24-10-5-4-7-18(24)2/h4-15H,16H2,1-3H3,(H,29,32)(H,30,33,35)/b23-15+. The molecule has 0 aromatic heterocycles. The highest BCUT2D eigenvalue weighted by atomic mass is 16.5. The van der Waals surface area contributed by atoms with Gasteiger partial charge in [-0.25, -0.2) is 9.69 Å². The first-order valence-corrected chi connectivity index (χ1v) is 11.3. The largest absolute Gasteiger partial charge is 0.484 e. The van der Waals surface area contributed by atoms with E-state index in [0.717, 1.165) is 16.0 Å². The Morgan fingerprint density at radius 2 is 1.69 bits per heavy atom. The number of urea groups is 1. The number of amides is 5. The highest BCUT2D eigenvalue weighted by Gasteiger charge is 2.37. The number of barbiturate groups is 1. The van der Waals surface area contributed by atoms with Gasteiger partial charge >= 0.3 is 6.03 Å². The van der Waals surface area contributed by atoms with Crippen LogP contribution in [0.1, 0.15) is 22.3 Å². The van der Waals surface area contributed by atoms with E-state index >= 15 is 0 Å². The van der Waals surface area contributed by atoms with E-state index in [1.54, 1.807) is 55.5 Å². The third kappa shape index (κ3) is 5.33.